The van der Waals surface area contributed by atoms with Crippen LogP contribution in [-0.2, 0) is 0 Å². The van der Waals surface area contributed by atoms with Gasteiger partial charge < -0.3 is 9.52 Å². The molecule has 0 fully saturated rings. The van der Waals surface area contributed by atoms with Crippen molar-refractivity contribution >= 4 is 11.0 Å². The van der Waals surface area contributed by atoms with E-state index in [9.17, 15) is 5.11 Å². The molecule has 1 heterocycles. The summed E-state index contributed by atoms with van der Waals surface area (Å²) in [6, 6.07) is 8.01. The van der Waals surface area contributed by atoms with Crippen LogP contribution in [0.3, 0.4) is 0 Å². The zero-order valence-electron chi connectivity index (χ0n) is 10.9. The van der Waals surface area contributed by atoms with Gasteiger partial charge >= 0.3 is 0 Å². The third kappa shape index (κ3) is 2.37. The quantitative estimate of drug-likeness (QED) is 0.865. The molecule has 0 aliphatic heterocycles. The second-order valence-corrected chi connectivity index (χ2v) is 5.24. The number of fused-ring (bicyclic) bond motifs is 1. The number of rotatable bonds is 3. The summed E-state index contributed by atoms with van der Waals surface area (Å²) >= 11 is 0. The lowest BCUT2D eigenvalue weighted by molar-refractivity contribution is 0.0731. The molecule has 0 radical (unpaired) electrons. The lowest BCUT2D eigenvalue weighted by Crippen LogP contribution is -2.14. The number of benzene rings is 1. The maximum absolute atomic E-state index is 10.2. The third-order valence-electron chi connectivity index (χ3n) is 3.53. The van der Waals surface area contributed by atoms with Crippen LogP contribution in [0.5, 0.6) is 0 Å². The van der Waals surface area contributed by atoms with Crippen molar-refractivity contribution in [2.45, 2.75) is 33.8 Å². The van der Waals surface area contributed by atoms with Gasteiger partial charge in [0, 0.05) is 5.39 Å². The summed E-state index contributed by atoms with van der Waals surface area (Å²) in [5.41, 5.74) is 2.05. The first kappa shape index (κ1) is 12.2. The lowest BCUT2D eigenvalue weighted by atomic mass is 9.91. The average molecular weight is 232 g/mol. The molecule has 2 rings (SSSR count). The first-order valence-corrected chi connectivity index (χ1v) is 6.17. The number of hydrogen-bond donors (Lipinski definition) is 1. The van der Waals surface area contributed by atoms with E-state index < -0.39 is 6.10 Å². The third-order valence-corrected chi connectivity index (χ3v) is 3.53. The van der Waals surface area contributed by atoms with Gasteiger partial charge in [0.15, 0.2) is 0 Å². The Labute approximate surface area is 102 Å². The normalized spacial score (nSPS) is 15.4. The summed E-state index contributed by atoms with van der Waals surface area (Å²) in [6.07, 6.45) is -0.525. The highest BCUT2D eigenvalue weighted by atomic mass is 16.4. The molecule has 2 unspecified atom stereocenters. The van der Waals surface area contributed by atoms with E-state index in [4.69, 9.17) is 4.42 Å². The van der Waals surface area contributed by atoms with Gasteiger partial charge in [0.1, 0.15) is 17.4 Å². The van der Waals surface area contributed by atoms with E-state index in [-0.39, 0.29) is 5.92 Å². The van der Waals surface area contributed by atoms with Crippen molar-refractivity contribution in [3.63, 3.8) is 0 Å². The van der Waals surface area contributed by atoms with Gasteiger partial charge in [-0.05, 0) is 37.0 Å². The molecular weight excluding hydrogens is 212 g/mol. The van der Waals surface area contributed by atoms with Crippen LogP contribution in [0.4, 0.5) is 0 Å². The van der Waals surface area contributed by atoms with E-state index in [2.05, 4.69) is 26.8 Å². The van der Waals surface area contributed by atoms with Crippen molar-refractivity contribution in [1.82, 2.24) is 0 Å². The Morgan fingerprint density at radius 2 is 1.82 bits per heavy atom. The standard InChI is InChI=1S/C15H20O2/c1-9(2)11(4)15(16)14-8-12-7-10(3)5-6-13(12)17-14/h5-9,11,15-16H,1-4H3. The molecule has 0 saturated carbocycles. The Hall–Kier alpha value is -1.28. The Morgan fingerprint density at radius 3 is 2.47 bits per heavy atom. The summed E-state index contributed by atoms with van der Waals surface area (Å²) in [6.45, 7) is 8.33. The molecule has 2 nitrogen and oxygen atoms in total. The molecule has 0 aliphatic carbocycles. The Balaban J connectivity index is 2.36. The second kappa shape index (κ2) is 4.53. The number of furan rings is 1. The summed E-state index contributed by atoms with van der Waals surface area (Å²) < 4.78 is 5.71. The molecule has 92 valence electrons. The van der Waals surface area contributed by atoms with Crippen LogP contribution < -0.4 is 0 Å². The van der Waals surface area contributed by atoms with Crippen molar-refractivity contribution < 1.29 is 9.52 Å². The van der Waals surface area contributed by atoms with Crippen molar-refractivity contribution in [3.05, 3.63) is 35.6 Å². The monoisotopic (exact) mass is 232 g/mol. The molecule has 0 aliphatic rings. The average Bonchev–Trinajstić information content (AvgIpc) is 2.69. The van der Waals surface area contributed by atoms with Gasteiger partial charge in [0.2, 0.25) is 0 Å². The molecule has 0 saturated heterocycles. The van der Waals surface area contributed by atoms with Gasteiger partial charge in [-0.25, -0.2) is 0 Å². The van der Waals surface area contributed by atoms with Crippen LogP contribution in [0, 0.1) is 18.8 Å². The lowest BCUT2D eigenvalue weighted by Gasteiger charge is -2.20. The predicted molar refractivity (Wildman–Crippen MR) is 69.9 cm³/mol. The van der Waals surface area contributed by atoms with E-state index in [1.165, 1.54) is 5.56 Å². The van der Waals surface area contributed by atoms with Gasteiger partial charge in [-0.15, -0.1) is 0 Å². The van der Waals surface area contributed by atoms with E-state index in [0.717, 1.165) is 11.0 Å². The molecule has 1 N–H and O–H groups in total. The van der Waals surface area contributed by atoms with Crippen molar-refractivity contribution in [2.75, 3.05) is 0 Å². The Morgan fingerprint density at radius 1 is 1.12 bits per heavy atom. The first-order chi connectivity index (χ1) is 7.99. The molecule has 0 amide bonds. The Bertz CT molecular complexity index is 511. The van der Waals surface area contributed by atoms with E-state index in [0.29, 0.717) is 11.7 Å². The highest BCUT2D eigenvalue weighted by Gasteiger charge is 2.22. The van der Waals surface area contributed by atoms with E-state index >= 15 is 0 Å². The van der Waals surface area contributed by atoms with E-state index in [1.807, 2.05) is 25.1 Å². The van der Waals surface area contributed by atoms with Crippen LogP contribution in [0.15, 0.2) is 28.7 Å². The maximum atomic E-state index is 10.2. The highest BCUT2D eigenvalue weighted by molar-refractivity contribution is 5.78. The smallest absolute Gasteiger partial charge is 0.134 e. The minimum absolute atomic E-state index is 0.191. The van der Waals surface area contributed by atoms with Gasteiger partial charge in [-0.1, -0.05) is 32.4 Å². The van der Waals surface area contributed by atoms with Gasteiger partial charge in [0.25, 0.3) is 0 Å². The van der Waals surface area contributed by atoms with Crippen LogP contribution in [0.2, 0.25) is 0 Å². The van der Waals surface area contributed by atoms with Gasteiger partial charge in [-0.2, -0.15) is 0 Å². The SMILES string of the molecule is Cc1ccc2oc(C(O)C(C)C(C)C)cc2c1. The van der Waals surface area contributed by atoms with Crippen molar-refractivity contribution in [1.29, 1.82) is 0 Å². The fourth-order valence-electron chi connectivity index (χ4n) is 1.95. The Kier molecular flexibility index (Phi) is 3.25. The topological polar surface area (TPSA) is 33.4 Å². The fourth-order valence-corrected chi connectivity index (χ4v) is 1.95. The molecule has 2 atom stereocenters. The van der Waals surface area contributed by atoms with Crippen LogP contribution in [0.1, 0.15) is 38.2 Å². The molecule has 17 heavy (non-hydrogen) atoms. The van der Waals surface area contributed by atoms with Crippen LogP contribution in [-0.4, -0.2) is 5.11 Å². The molecule has 0 spiro atoms. The number of aryl methyl sites for hydroxylation is 1. The largest absolute Gasteiger partial charge is 0.458 e. The molecule has 2 heteroatoms. The molecule has 1 aromatic heterocycles. The van der Waals surface area contributed by atoms with Crippen LogP contribution >= 0.6 is 0 Å². The number of aliphatic hydroxyl groups is 1. The first-order valence-electron chi connectivity index (χ1n) is 6.17. The minimum atomic E-state index is -0.525. The minimum Gasteiger partial charge on any atom is -0.458 e. The fraction of sp³-hybridized carbons (Fsp3) is 0.467. The predicted octanol–water partition coefficient (Wildman–Crippen LogP) is 4.07. The highest BCUT2D eigenvalue weighted by Crippen LogP contribution is 2.31. The van der Waals surface area contributed by atoms with Crippen LogP contribution in [0.25, 0.3) is 11.0 Å². The van der Waals surface area contributed by atoms with Gasteiger partial charge in [0.05, 0.1) is 0 Å². The summed E-state index contributed by atoms with van der Waals surface area (Å²) in [5.74, 6) is 1.29. The van der Waals surface area contributed by atoms with Crippen molar-refractivity contribution in [3.8, 4) is 0 Å². The molecular formula is C15H20O2. The van der Waals surface area contributed by atoms with Crippen molar-refractivity contribution in [2.24, 2.45) is 11.8 Å². The number of aliphatic hydroxyl groups excluding tert-OH is 1. The van der Waals surface area contributed by atoms with Gasteiger partial charge in [-0.3, -0.25) is 0 Å². The molecule has 2 aromatic rings. The maximum Gasteiger partial charge on any atom is 0.134 e. The van der Waals surface area contributed by atoms with E-state index in [1.54, 1.807) is 0 Å². The second-order valence-electron chi connectivity index (χ2n) is 5.24. The zero-order valence-corrected chi connectivity index (χ0v) is 10.9. The molecule has 0 bridgehead atoms. The number of hydrogen-bond acceptors (Lipinski definition) is 2. The summed E-state index contributed by atoms with van der Waals surface area (Å²) in [5, 5.41) is 11.3. The molecule has 1 aromatic carbocycles. The zero-order chi connectivity index (χ0) is 12.6. The summed E-state index contributed by atoms with van der Waals surface area (Å²) in [4.78, 5) is 0. The summed E-state index contributed by atoms with van der Waals surface area (Å²) in [7, 11) is 0.